The van der Waals surface area contributed by atoms with E-state index >= 15 is 0 Å². The van der Waals surface area contributed by atoms with Gasteiger partial charge in [-0.1, -0.05) is 13.3 Å². The highest BCUT2D eigenvalue weighted by Gasteiger charge is 2.39. The lowest BCUT2D eigenvalue weighted by Crippen LogP contribution is -2.52. The fraction of sp³-hybridized carbons (Fsp3) is 0.923. The molecule has 1 amide bonds. The Kier molecular flexibility index (Phi) is 4.36. The summed E-state index contributed by atoms with van der Waals surface area (Å²) < 4.78 is 0. The van der Waals surface area contributed by atoms with Crippen molar-refractivity contribution in [3.8, 4) is 0 Å². The molecule has 16 heavy (non-hydrogen) atoms. The van der Waals surface area contributed by atoms with Gasteiger partial charge in [0.2, 0.25) is 5.91 Å². The molecule has 0 saturated carbocycles. The first-order chi connectivity index (χ1) is 7.40. The van der Waals surface area contributed by atoms with Gasteiger partial charge >= 0.3 is 0 Å². The number of piperidine rings is 1. The van der Waals surface area contributed by atoms with Crippen LogP contribution in [-0.4, -0.2) is 24.5 Å². The lowest BCUT2D eigenvalue weighted by molar-refractivity contribution is -0.134. The van der Waals surface area contributed by atoms with Crippen LogP contribution < -0.4 is 10.6 Å². The molecule has 1 fully saturated rings. The minimum absolute atomic E-state index is 0.118. The summed E-state index contributed by atoms with van der Waals surface area (Å²) in [4.78, 5) is 12.4. The monoisotopic (exact) mass is 226 g/mol. The summed E-state index contributed by atoms with van der Waals surface area (Å²) >= 11 is 0. The highest BCUT2D eigenvalue weighted by Crippen LogP contribution is 2.34. The van der Waals surface area contributed by atoms with Crippen LogP contribution in [0.25, 0.3) is 0 Å². The summed E-state index contributed by atoms with van der Waals surface area (Å²) in [5, 5.41) is 6.48. The van der Waals surface area contributed by atoms with Crippen LogP contribution in [-0.2, 0) is 4.79 Å². The van der Waals surface area contributed by atoms with Crippen LogP contribution in [0.15, 0.2) is 0 Å². The average molecular weight is 226 g/mol. The standard InChI is InChI=1S/C13H26N2O/c1-5-6-13(7-9-14-10-8-13)11(16)15-12(2,3)4/h14H,5-10H2,1-4H3,(H,15,16). The lowest BCUT2D eigenvalue weighted by Gasteiger charge is -2.38. The van der Waals surface area contributed by atoms with Crippen molar-refractivity contribution < 1.29 is 4.79 Å². The van der Waals surface area contributed by atoms with Crippen molar-refractivity contribution in [1.29, 1.82) is 0 Å². The van der Waals surface area contributed by atoms with E-state index in [2.05, 4.69) is 17.6 Å². The number of rotatable bonds is 3. The molecule has 1 heterocycles. The van der Waals surface area contributed by atoms with E-state index in [1.54, 1.807) is 0 Å². The SMILES string of the molecule is CCCC1(C(=O)NC(C)(C)C)CCNCC1. The highest BCUT2D eigenvalue weighted by molar-refractivity contribution is 5.83. The number of carbonyl (C=O) groups excluding carboxylic acids is 1. The Hall–Kier alpha value is -0.570. The molecule has 0 aromatic rings. The second-order valence-electron chi connectivity index (χ2n) is 5.98. The Labute approximate surface area is 99.4 Å². The first kappa shape index (κ1) is 13.5. The molecule has 3 nitrogen and oxygen atoms in total. The largest absolute Gasteiger partial charge is 0.351 e. The van der Waals surface area contributed by atoms with Crippen molar-refractivity contribution in [2.75, 3.05) is 13.1 Å². The van der Waals surface area contributed by atoms with Crippen LogP contribution in [0.5, 0.6) is 0 Å². The minimum Gasteiger partial charge on any atom is -0.351 e. The second-order valence-corrected chi connectivity index (χ2v) is 5.98. The molecule has 2 N–H and O–H groups in total. The molecule has 1 rings (SSSR count). The maximum Gasteiger partial charge on any atom is 0.226 e. The van der Waals surface area contributed by atoms with Crippen molar-refractivity contribution in [3.63, 3.8) is 0 Å². The molecule has 1 saturated heterocycles. The van der Waals surface area contributed by atoms with Gasteiger partial charge in [0.05, 0.1) is 5.41 Å². The zero-order valence-corrected chi connectivity index (χ0v) is 11.2. The molecule has 0 unspecified atom stereocenters. The molecule has 3 heteroatoms. The van der Waals surface area contributed by atoms with E-state index in [-0.39, 0.29) is 16.9 Å². The van der Waals surface area contributed by atoms with E-state index in [9.17, 15) is 4.79 Å². The van der Waals surface area contributed by atoms with Crippen LogP contribution in [0.2, 0.25) is 0 Å². The molecule has 94 valence electrons. The summed E-state index contributed by atoms with van der Waals surface area (Å²) in [5.41, 5.74) is -0.240. The normalized spacial score (nSPS) is 20.5. The van der Waals surface area contributed by atoms with Crippen molar-refractivity contribution in [2.24, 2.45) is 5.41 Å². The van der Waals surface area contributed by atoms with Gasteiger partial charge in [0, 0.05) is 5.54 Å². The van der Waals surface area contributed by atoms with E-state index in [0.717, 1.165) is 38.8 Å². The van der Waals surface area contributed by atoms with Gasteiger partial charge in [-0.05, 0) is 53.1 Å². The number of carbonyl (C=O) groups is 1. The summed E-state index contributed by atoms with van der Waals surface area (Å²) in [6.07, 6.45) is 4.04. The van der Waals surface area contributed by atoms with Crippen molar-refractivity contribution in [3.05, 3.63) is 0 Å². The fourth-order valence-corrected chi connectivity index (χ4v) is 2.45. The third kappa shape index (κ3) is 3.48. The predicted octanol–water partition coefficient (Wildman–Crippen LogP) is 2.07. The Balaban J connectivity index is 2.72. The first-order valence-electron chi connectivity index (χ1n) is 6.43. The molecule has 0 spiro atoms. The van der Waals surface area contributed by atoms with Gasteiger partial charge in [0.25, 0.3) is 0 Å². The third-order valence-electron chi connectivity index (χ3n) is 3.26. The molecule has 0 atom stereocenters. The summed E-state index contributed by atoms with van der Waals surface area (Å²) in [6, 6.07) is 0. The zero-order valence-electron chi connectivity index (χ0n) is 11.2. The van der Waals surface area contributed by atoms with Crippen LogP contribution in [0, 0.1) is 5.41 Å². The van der Waals surface area contributed by atoms with Crippen molar-refractivity contribution >= 4 is 5.91 Å². The smallest absolute Gasteiger partial charge is 0.226 e. The molecular formula is C13H26N2O. The summed E-state index contributed by atoms with van der Waals surface area (Å²) in [6.45, 7) is 10.2. The van der Waals surface area contributed by atoms with Gasteiger partial charge in [-0.3, -0.25) is 4.79 Å². The Morgan fingerprint density at radius 1 is 1.31 bits per heavy atom. The number of hydrogen-bond acceptors (Lipinski definition) is 2. The van der Waals surface area contributed by atoms with Crippen molar-refractivity contribution in [2.45, 2.75) is 58.9 Å². The zero-order chi connectivity index (χ0) is 12.2. The molecule has 0 aromatic carbocycles. The molecule has 0 aliphatic carbocycles. The highest BCUT2D eigenvalue weighted by atomic mass is 16.2. The van der Waals surface area contributed by atoms with E-state index in [0.29, 0.717) is 0 Å². The number of amides is 1. The van der Waals surface area contributed by atoms with Gasteiger partial charge < -0.3 is 10.6 Å². The van der Waals surface area contributed by atoms with E-state index < -0.39 is 0 Å². The minimum atomic E-state index is -0.122. The van der Waals surface area contributed by atoms with E-state index in [1.807, 2.05) is 20.8 Å². The third-order valence-corrected chi connectivity index (χ3v) is 3.26. The average Bonchev–Trinajstić information content (AvgIpc) is 2.17. The number of hydrogen-bond donors (Lipinski definition) is 2. The van der Waals surface area contributed by atoms with Crippen LogP contribution in [0.3, 0.4) is 0 Å². The van der Waals surface area contributed by atoms with Gasteiger partial charge in [-0.25, -0.2) is 0 Å². The van der Waals surface area contributed by atoms with E-state index in [1.165, 1.54) is 0 Å². The molecule has 0 bridgehead atoms. The Morgan fingerprint density at radius 2 is 1.88 bits per heavy atom. The summed E-state index contributed by atoms with van der Waals surface area (Å²) in [7, 11) is 0. The molecule has 0 aromatic heterocycles. The maximum atomic E-state index is 12.4. The van der Waals surface area contributed by atoms with Crippen LogP contribution in [0.4, 0.5) is 0 Å². The summed E-state index contributed by atoms with van der Waals surface area (Å²) in [5.74, 6) is 0.253. The Bertz CT molecular complexity index is 231. The maximum absolute atomic E-state index is 12.4. The topological polar surface area (TPSA) is 41.1 Å². The molecule has 1 aliphatic heterocycles. The number of nitrogens with one attached hydrogen (secondary N) is 2. The van der Waals surface area contributed by atoms with Crippen LogP contribution in [0.1, 0.15) is 53.4 Å². The Morgan fingerprint density at radius 3 is 2.31 bits per heavy atom. The predicted molar refractivity (Wildman–Crippen MR) is 67.3 cm³/mol. The molecular weight excluding hydrogens is 200 g/mol. The van der Waals surface area contributed by atoms with Gasteiger partial charge in [-0.15, -0.1) is 0 Å². The second kappa shape index (κ2) is 5.17. The molecule has 0 radical (unpaired) electrons. The quantitative estimate of drug-likeness (QED) is 0.773. The van der Waals surface area contributed by atoms with Crippen LogP contribution >= 0.6 is 0 Å². The van der Waals surface area contributed by atoms with Gasteiger partial charge in [0.1, 0.15) is 0 Å². The van der Waals surface area contributed by atoms with E-state index in [4.69, 9.17) is 0 Å². The molecule has 1 aliphatic rings. The fourth-order valence-electron chi connectivity index (χ4n) is 2.45. The van der Waals surface area contributed by atoms with Gasteiger partial charge in [0.15, 0.2) is 0 Å². The lowest BCUT2D eigenvalue weighted by atomic mass is 9.74. The van der Waals surface area contributed by atoms with Crippen molar-refractivity contribution in [1.82, 2.24) is 10.6 Å². The van der Waals surface area contributed by atoms with Gasteiger partial charge in [-0.2, -0.15) is 0 Å². The first-order valence-corrected chi connectivity index (χ1v) is 6.43.